The molecule has 0 fully saturated rings. The van der Waals surface area contributed by atoms with E-state index in [4.69, 9.17) is 14.2 Å². The Hall–Kier alpha value is -2.33. The van der Waals surface area contributed by atoms with Gasteiger partial charge in [-0.15, -0.1) is 5.10 Å². The molecule has 0 spiro atoms. The zero-order valence-corrected chi connectivity index (χ0v) is 15.5. The van der Waals surface area contributed by atoms with Crippen molar-refractivity contribution >= 4 is 17.5 Å². The van der Waals surface area contributed by atoms with Crippen molar-refractivity contribution in [1.29, 1.82) is 0 Å². The Morgan fingerprint density at radius 1 is 1.19 bits per heavy atom. The number of benzene rings is 1. The zero-order chi connectivity index (χ0) is 20.3. The normalized spacial score (nSPS) is 12.0. The number of halogens is 3. The summed E-state index contributed by atoms with van der Waals surface area (Å²) in [6.45, 7) is 3.04. The van der Waals surface area contributed by atoms with E-state index >= 15 is 0 Å². The molecule has 0 heterocycles. The van der Waals surface area contributed by atoms with E-state index in [0.29, 0.717) is 26.3 Å². The van der Waals surface area contributed by atoms with Gasteiger partial charge in [0.2, 0.25) is 5.84 Å². The maximum atomic E-state index is 12.8. The van der Waals surface area contributed by atoms with Crippen LogP contribution in [0.25, 0.3) is 0 Å². The summed E-state index contributed by atoms with van der Waals surface area (Å²) in [5, 5.41) is 3.98. The van der Waals surface area contributed by atoms with Gasteiger partial charge in [0.15, 0.2) is 0 Å². The van der Waals surface area contributed by atoms with E-state index in [1.165, 1.54) is 26.4 Å². The minimum absolute atomic E-state index is 0.0802. The Kier molecular flexibility index (Phi) is 9.59. The van der Waals surface area contributed by atoms with Crippen LogP contribution in [0, 0.1) is 0 Å². The van der Waals surface area contributed by atoms with Gasteiger partial charge in [0.25, 0.3) is 0 Å². The first kappa shape index (κ1) is 22.7. The van der Waals surface area contributed by atoms with Crippen molar-refractivity contribution in [3.05, 3.63) is 29.8 Å². The van der Waals surface area contributed by atoms with Gasteiger partial charge in [0.1, 0.15) is 0 Å². The van der Waals surface area contributed by atoms with Crippen LogP contribution in [-0.2, 0) is 25.2 Å². The number of nitrogens with one attached hydrogen (secondary N) is 1. The largest absolute Gasteiger partial charge is 0.460 e. The highest BCUT2D eigenvalue weighted by molar-refractivity contribution is 6.35. The molecule has 27 heavy (non-hydrogen) atoms. The molecular weight excluding hydrogens is 367 g/mol. The van der Waals surface area contributed by atoms with Gasteiger partial charge < -0.3 is 19.1 Å². The summed E-state index contributed by atoms with van der Waals surface area (Å²) in [5.41, 5.74) is 1.76. The summed E-state index contributed by atoms with van der Waals surface area (Å²) >= 11 is 0. The highest BCUT2D eigenvalue weighted by Crippen LogP contribution is 2.30. The fraction of sp³-hybridized carbons (Fsp3) is 0.529. The number of ether oxygens (including phenoxy) is 3. The molecule has 0 aromatic heterocycles. The van der Waals surface area contributed by atoms with E-state index in [9.17, 15) is 18.0 Å². The summed E-state index contributed by atoms with van der Waals surface area (Å²) < 4.78 is 53.5. The van der Waals surface area contributed by atoms with Crippen molar-refractivity contribution in [2.45, 2.75) is 13.1 Å². The second-order valence-electron chi connectivity index (χ2n) is 5.32. The number of alkyl halides is 3. The molecule has 1 aromatic carbocycles. The maximum absolute atomic E-state index is 12.8. The Labute approximate surface area is 156 Å². The topological polar surface area (TPSA) is 72.4 Å². The number of methoxy groups -OCH3 is 2. The Morgan fingerprint density at radius 3 is 2.33 bits per heavy atom. The van der Waals surface area contributed by atoms with Crippen molar-refractivity contribution in [2.75, 3.05) is 52.6 Å². The first-order chi connectivity index (χ1) is 12.8. The number of anilines is 1. The zero-order valence-electron chi connectivity index (χ0n) is 15.5. The second kappa shape index (κ2) is 11.4. The van der Waals surface area contributed by atoms with Crippen molar-refractivity contribution in [2.24, 2.45) is 5.10 Å². The van der Waals surface area contributed by atoms with Crippen molar-refractivity contribution < 1.29 is 32.2 Å². The molecule has 7 nitrogen and oxygen atoms in total. The lowest BCUT2D eigenvalue weighted by molar-refractivity contribution is -0.138. The molecule has 0 atom stereocenters. The maximum Gasteiger partial charge on any atom is 0.416 e. The van der Waals surface area contributed by atoms with Crippen LogP contribution in [0.5, 0.6) is 0 Å². The van der Waals surface area contributed by atoms with Gasteiger partial charge in [-0.1, -0.05) is 6.07 Å². The first-order valence-corrected chi connectivity index (χ1v) is 8.24. The Bertz CT molecular complexity index is 616. The van der Waals surface area contributed by atoms with E-state index < -0.39 is 17.7 Å². The first-order valence-electron chi connectivity index (χ1n) is 8.24. The molecule has 152 valence electrons. The molecule has 0 saturated heterocycles. The van der Waals surface area contributed by atoms with E-state index in [0.717, 1.165) is 12.1 Å². The molecular formula is C17H24F3N3O4. The minimum Gasteiger partial charge on any atom is -0.460 e. The van der Waals surface area contributed by atoms with Crippen LogP contribution in [0.4, 0.5) is 18.9 Å². The number of hydrogen-bond acceptors (Lipinski definition) is 6. The third-order valence-electron chi connectivity index (χ3n) is 3.37. The van der Waals surface area contributed by atoms with Crippen LogP contribution >= 0.6 is 0 Å². The smallest absolute Gasteiger partial charge is 0.416 e. The molecule has 0 aliphatic carbocycles. The number of amidine groups is 1. The average molecular weight is 391 g/mol. The molecule has 0 amide bonds. The molecule has 0 aliphatic heterocycles. The number of esters is 1. The molecule has 1 aromatic rings. The fourth-order valence-electron chi connectivity index (χ4n) is 2.05. The number of rotatable bonds is 9. The Balaban J connectivity index is 3.08. The summed E-state index contributed by atoms with van der Waals surface area (Å²) in [6.07, 6.45) is -4.48. The number of nitrogens with zero attached hydrogens (tertiary/aromatic N) is 2. The molecule has 1 rings (SSSR count). The van der Waals surface area contributed by atoms with Crippen molar-refractivity contribution in [3.63, 3.8) is 0 Å². The third-order valence-corrected chi connectivity index (χ3v) is 3.37. The van der Waals surface area contributed by atoms with Crippen LogP contribution in [0.3, 0.4) is 0 Å². The summed E-state index contributed by atoms with van der Waals surface area (Å²) in [7, 11) is 3.02. The lowest BCUT2D eigenvalue weighted by Crippen LogP contribution is -2.42. The monoisotopic (exact) mass is 391 g/mol. The third kappa shape index (κ3) is 7.83. The molecule has 1 N–H and O–H groups in total. The van der Waals surface area contributed by atoms with Gasteiger partial charge in [0, 0.05) is 27.3 Å². The lowest BCUT2D eigenvalue weighted by atomic mass is 10.2. The van der Waals surface area contributed by atoms with Crippen molar-refractivity contribution in [3.8, 4) is 0 Å². The van der Waals surface area contributed by atoms with Gasteiger partial charge in [-0.2, -0.15) is 13.2 Å². The SMILES string of the molecule is CCOC(=O)C(=NNc1cccc(C(F)(F)F)c1)N(CCOC)CCOC. The van der Waals surface area contributed by atoms with Gasteiger partial charge in [-0.3, -0.25) is 5.43 Å². The van der Waals surface area contributed by atoms with Crippen LogP contribution in [0.15, 0.2) is 29.4 Å². The Morgan fingerprint density at radius 2 is 1.81 bits per heavy atom. The number of carbonyl (C=O) groups excluding carboxylic acids is 1. The van der Waals surface area contributed by atoms with E-state index in [-0.39, 0.29) is 18.1 Å². The molecule has 0 bridgehead atoms. The number of carbonyl (C=O) groups is 1. The summed E-state index contributed by atoms with van der Waals surface area (Å²) in [5.74, 6) is -0.785. The number of hydrogen-bond donors (Lipinski definition) is 1. The standard InChI is InChI=1S/C17H24F3N3O4/c1-4-27-16(24)15(23(8-10-25-2)9-11-26-3)22-21-14-7-5-6-13(12-14)17(18,19)20/h5-7,12,21H,4,8-11H2,1-3H3. The van der Waals surface area contributed by atoms with Crippen LogP contribution in [0.2, 0.25) is 0 Å². The van der Waals surface area contributed by atoms with Gasteiger partial charge in [-0.25, -0.2) is 4.79 Å². The lowest BCUT2D eigenvalue weighted by Gasteiger charge is -2.24. The highest BCUT2D eigenvalue weighted by Gasteiger charge is 2.30. The summed E-state index contributed by atoms with van der Waals surface area (Å²) in [4.78, 5) is 13.8. The molecule has 0 saturated carbocycles. The quantitative estimate of drug-likeness (QED) is 0.302. The molecule has 0 unspecified atom stereocenters. The average Bonchev–Trinajstić information content (AvgIpc) is 2.63. The van der Waals surface area contributed by atoms with Crippen LogP contribution in [-0.4, -0.2) is 63.8 Å². The van der Waals surface area contributed by atoms with E-state index in [2.05, 4.69) is 10.5 Å². The van der Waals surface area contributed by atoms with Crippen LogP contribution in [0.1, 0.15) is 12.5 Å². The van der Waals surface area contributed by atoms with E-state index in [1.807, 2.05) is 0 Å². The minimum atomic E-state index is -4.48. The fourth-order valence-corrected chi connectivity index (χ4v) is 2.05. The molecule has 0 aliphatic rings. The predicted molar refractivity (Wildman–Crippen MR) is 94.5 cm³/mol. The van der Waals surface area contributed by atoms with Crippen LogP contribution < -0.4 is 5.43 Å². The molecule has 0 radical (unpaired) electrons. The molecule has 10 heteroatoms. The van der Waals surface area contributed by atoms with Gasteiger partial charge in [0.05, 0.1) is 31.1 Å². The van der Waals surface area contributed by atoms with E-state index in [1.54, 1.807) is 11.8 Å². The highest BCUT2D eigenvalue weighted by atomic mass is 19.4. The second-order valence-corrected chi connectivity index (χ2v) is 5.32. The predicted octanol–water partition coefficient (Wildman–Crippen LogP) is 2.59. The van der Waals surface area contributed by atoms with Crippen molar-refractivity contribution in [1.82, 2.24) is 4.90 Å². The van der Waals surface area contributed by atoms with Gasteiger partial charge in [-0.05, 0) is 25.1 Å². The number of hydrazone groups is 1. The summed E-state index contributed by atoms with van der Waals surface area (Å²) in [6, 6.07) is 4.51. The van der Waals surface area contributed by atoms with Gasteiger partial charge >= 0.3 is 12.1 Å².